The fourth-order valence-corrected chi connectivity index (χ4v) is 5.99. The third kappa shape index (κ3) is 5.42. The highest BCUT2D eigenvalue weighted by molar-refractivity contribution is 5.71. The molecular weight excluding hydrogens is 346 g/mol. The number of carbonyl (C=O) groups is 1. The number of allylic oxidation sites excluding steroid dienone is 4. The first kappa shape index (κ1) is 22.6. The van der Waals surface area contributed by atoms with Crippen molar-refractivity contribution in [1.29, 1.82) is 0 Å². The van der Waals surface area contributed by atoms with Crippen LogP contribution >= 0.6 is 0 Å². The van der Waals surface area contributed by atoms with E-state index in [1.54, 1.807) is 0 Å². The highest BCUT2D eigenvalue weighted by Gasteiger charge is 2.52. The number of carbonyl (C=O) groups excluding carboxylic acids is 1. The number of hydrogen-bond acceptors (Lipinski definition) is 2. The first-order chi connectivity index (χ1) is 13.1. The Hall–Kier alpha value is -1.71. The minimum absolute atomic E-state index is 0.413. The van der Waals surface area contributed by atoms with Crippen LogP contribution in [0.15, 0.2) is 36.1 Å². The van der Waals surface area contributed by atoms with Gasteiger partial charge in [0.2, 0.25) is 0 Å². The molecule has 2 aliphatic carbocycles. The molecule has 2 aliphatic rings. The number of nitrogens with one attached hydrogen (secondary N) is 2. The molecule has 2 saturated carbocycles. The first-order valence-corrected chi connectivity index (χ1v) is 10.9. The van der Waals surface area contributed by atoms with Gasteiger partial charge in [-0.25, -0.2) is 4.79 Å². The summed E-state index contributed by atoms with van der Waals surface area (Å²) >= 11 is 0. The molecule has 0 aliphatic heterocycles. The lowest BCUT2D eigenvalue weighted by molar-refractivity contribution is -0.0539. The molecule has 4 N–H and O–H groups in total. The number of fused-ring (bicyclic) bond motifs is 1. The second-order valence-electron chi connectivity index (χ2n) is 10.00. The summed E-state index contributed by atoms with van der Waals surface area (Å²) in [7, 11) is 0. The summed E-state index contributed by atoms with van der Waals surface area (Å²) in [6.45, 7) is 18.1. The Morgan fingerprint density at radius 3 is 2.64 bits per heavy atom. The average Bonchev–Trinajstić information content (AvgIpc) is 2.58. The number of urea groups is 1. The molecule has 0 radical (unpaired) electrons. The molecule has 3 atom stereocenters. The molecule has 2 fully saturated rings. The van der Waals surface area contributed by atoms with Crippen LogP contribution in [0.1, 0.15) is 85.5 Å². The van der Waals surface area contributed by atoms with Crippen LogP contribution < -0.4 is 16.6 Å². The van der Waals surface area contributed by atoms with E-state index >= 15 is 0 Å². The molecule has 28 heavy (non-hydrogen) atoms. The van der Waals surface area contributed by atoms with Crippen molar-refractivity contribution >= 4 is 6.03 Å². The quantitative estimate of drug-likeness (QED) is 0.354. The monoisotopic (exact) mass is 387 g/mol. The predicted molar refractivity (Wildman–Crippen MR) is 118 cm³/mol. The van der Waals surface area contributed by atoms with E-state index in [1.165, 1.54) is 49.7 Å². The summed E-state index contributed by atoms with van der Waals surface area (Å²) in [5, 5.41) is 0. The van der Waals surface area contributed by atoms with Gasteiger partial charge in [-0.05, 0) is 81.0 Å². The Morgan fingerprint density at radius 1 is 1.25 bits per heavy atom. The number of hydrazine groups is 1. The second-order valence-corrected chi connectivity index (χ2v) is 10.00. The van der Waals surface area contributed by atoms with Gasteiger partial charge in [-0.1, -0.05) is 57.6 Å². The van der Waals surface area contributed by atoms with E-state index in [0.29, 0.717) is 16.7 Å². The van der Waals surface area contributed by atoms with Gasteiger partial charge in [0.25, 0.3) is 0 Å². The van der Waals surface area contributed by atoms with Gasteiger partial charge >= 0.3 is 6.03 Å². The highest BCUT2D eigenvalue weighted by atomic mass is 16.2. The Labute approximate surface area is 172 Å². The number of rotatable bonds is 8. The maximum atomic E-state index is 10.7. The van der Waals surface area contributed by atoms with E-state index in [1.807, 2.05) is 0 Å². The van der Waals surface area contributed by atoms with Crippen molar-refractivity contribution in [1.82, 2.24) is 10.9 Å². The molecule has 4 heteroatoms. The van der Waals surface area contributed by atoms with Crippen molar-refractivity contribution in [2.75, 3.05) is 0 Å². The van der Waals surface area contributed by atoms with Crippen LogP contribution in [0.2, 0.25) is 0 Å². The van der Waals surface area contributed by atoms with Gasteiger partial charge in [0.1, 0.15) is 0 Å². The molecule has 0 bridgehead atoms. The topological polar surface area (TPSA) is 67.2 Å². The van der Waals surface area contributed by atoms with E-state index in [9.17, 15) is 4.79 Å². The van der Waals surface area contributed by atoms with Gasteiger partial charge in [0.05, 0.1) is 0 Å². The number of amides is 2. The lowest BCUT2D eigenvalue weighted by Crippen LogP contribution is -2.49. The molecule has 2 rings (SSSR count). The van der Waals surface area contributed by atoms with Crippen LogP contribution in [0.25, 0.3) is 0 Å². The summed E-state index contributed by atoms with van der Waals surface area (Å²) in [5.41, 5.74) is 14.7. The fourth-order valence-electron chi connectivity index (χ4n) is 5.99. The SMILES string of the molecule is C=C(CC/C=C(/C)CC[C@@H]1C(=C)CC[C@H]2C(C)(C)CCC[C@@]12C)NNC(N)=O. The van der Waals surface area contributed by atoms with Gasteiger partial charge in [0.15, 0.2) is 0 Å². The third-order valence-electron chi connectivity index (χ3n) is 7.45. The van der Waals surface area contributed by atoms with Gasteiger partial charge in [0, 0.05) is 5.70 Å². The van der Waals surface area contributed by atoms with Gasteiger partial charge < -0.3 is 11.2 Å². The molecule has 0 heterocycles. The van der Waals surface area contributed by atoms with Gasteiger partial charge in [-0.15, -0.1) is 0 Å². The summed E-state index contributed by atoms with van der Waals surface area (Å²) in [4.78, 5) is 10.7. The van der Waals surface area contributed by atoms with E-state index in [-0.39, 0.29) is 0 Å². The Morgan fingerprint density at radius 2 is 1.96 bits per heavy atom. The molecule has 0 aromatic rings. The van der Waals surface area contributed by atoms with Crippen molar-refractivity contribution in [2.24, 2.45) is 28.4 Å². The van der Waals surface area contributed by atoms with Crippen LogP contribution in [0, 0.1) is 22.7 Å². The number of nitrogens with two attached hydrogens (primary N) is 1. The Kier molecular flexibility index (Phi) is 7.41. The smallest absolute Gasteiger partial charge is 0.330 e. The van der Waals surface area contributed by atoms with E-state index in [4.69, 9.17) is 5.73 Å². The van der Waals surface area contributed by atoms with E-state index in [2.05, 4.69) is 57.8 Å². The summed E-state index contributed by atoms with van der Waals surface area (Å²) < 4.78 is 0. The fraction of sp³-hybridized carbons (Fsp3) is 0.708. The summed E-state index contributed by atoms with van der Waals surface area (Å²) in [6, 6.07) is -0.599. The molecule has 0 aromatic heterocycles. The van der Waals surface area contributed by atoms with Crippen molar-refractivity contribution in [3.05, 3.63) is 36.1 Å². The lowest BCUT2D eigenvalue weighted by Gasteiger charge is -2.58. The van der Waals surface area contributed by atoms with Crippen LogP contribution in [0.3, 0.4) is 0 Å². The molecule has 0 aromatic carbocycles. The van der Waals surface area contributed by atoms with E-state index in [0.717, 1.165) is 30.9 Å². The van der Waals surface area contributed by atoms with Gasteiger partial charge in [-0.3, -0.25) is 5.43 Å². The maximum Gasteiger partial charge on any atom is 0.330 e. The third-order valence-corrected chi connectivity index (χ3v) is 7.45. The maximum absolute atomic E-state index is 10.7. The largest absolute Gasteiger partial charge is 0.350 e. The minimum Gasteiger partial charge on any atom is -0.350 e. The van der Waals surface area contributed by atoms with Crippen LogP contribution in [-0.4, -0.2) is 6.03 Å². The summed E-state index contributed by atoms with van der Waals surface area (Å²) in [6.07, 6.45) is 12.9. The standard InChI is InChI=1S/C24H41N3O/c1-17(9-7-10-19(3)26-27-22(25)28)11-13-20-18(2)12-14-21-23(4,5)15-8-16-24(20,21)6/h9,20-21,26H,2-3,7-8,10-16H2,1,4-6H3,(H3,25,27,28)/b17-9-/t20-,21+,24+/m1/s1. The average molecular weight is 388 g/mol. The normalized spacial score (nSPS) is 29.7. The zero-order valence-electron chi connectivity index (χ0n) is 18.5. The molecule has 2 amide bonds. The van der Waals surface area contributed by atoms with Crippen molar-refractivity contribution < 1.29 is 4.79 Å². The molecule has 4 nitrogen and oxygen atoms in total. The zero-order valence-corrected chi connectivity index (χ0v) is 18.5. The number of primary amides is 1. The van der Waals surface area contributed by atoms with E-state index < -0.39 is 6.03 Å². The highest BCUT2D eigenvalue weighted by Crippen LogP contribution is 2.61. The predicted octanol–water partition coefficient (Wildman–Crippen LogP) is 5.98. The first-order valence-electron chi connectivity index (χ1n) is 10.9. The molecular formula is C24H41N3O. The van der Waals surface area contributed by atoms with Crippen LogP contribution in [0.5, 0.6) is 0 Å². The molecule has 0 saturated heterocycles. The van der Waals surface area contributed by atoms with Gasteiger partial charge in [-0.2, -0.15) is 0 Å². The minimum atomic E-state index is -0.599. The van der Waals surface area contributed by atoms with Crippen LogP contribution in [-0.2, 0) is 0 Å². The second kappa shape index (κ2) is 9.19. The molecule has 0 spiro atoms. The Balaban J connectivity index is 1.90. The number of hydrogen-bond donors (Lipinski definition) is 3. The van der Waals surface area contributed by atoms with Crippen molar-refractivity contribution in [3.63, 3.8) is 0 Å². The Bertz CT molecular complexity index is 634. The van der Waals surface area contributed by atoms with Crippen molar-refractivity contribution in [2.45, 2.75) is 85.5 Å². The lowest BCUT2D eigenvalue weighted by atomic mass is 9.47. The van der Waals surface area contributed by atoms with Crippen LogP contribution in [0.4, 0.5) is 4.79 Å². The summed E-state index contributed by atoms with van der Waals surface area (Å²) in [5.74, 6) is 1.46. The molecule has 158 valence electrons. The van der Waals surface area contributed by atoms with Crippen molar-refractivity contribution in [3.8, 4) is 0 Å². The molecule has 0 unspecified atom stereocenters. The zero-order chi connectivity index (χ0) is 20.9.